The molecule has 2 amide bonds. The van der Waals surface area contributed by atoms with Gasteiger partial charge in [-0.2, -0.15) is 92.2 Å². The third-order valence-electron chi connectivity index (χ3n) is 7.08. The van der Waals surface area contributed by atoms with Crippen molar-refractivity contribution in [2.75, 3.05) is 11.9 Å². The first-order valence-electron chi connectivity index (χ1n) is 12.6. The van der Waals surface area contributed by atoms with Crippen molar-refractivity contribution in [2.45, 2.75) is 92.2 Å². The number of aryl methyl sites for hydroxylation is 2. The zero-order valence-corrected chi connectivity index (χ0v) is 23.6. The van der Waals surface area contributed by atoms with Gasteiger partial charge >= 0.3 is 65.4 Å². The molecule has 49 heavy (non-hydrogen) atoms. The lowest BCUT2D eigenvalue weighted by molar-refractivity contribution is -0.473. The molecule has 1 N–H and O–H groups in total. The van der Waals surface area contributed by atoms with Gasteiger partial charge in [0.25, 0.3) is 0 Å². The summed E-state index contributed by atoms with van der Waals surface area (Å²) in [5.41, 5.74) is 0.757. The van der Waals surface area contributed by atoms with Crippen LogP contribution < -0.4 is 5.32 Å². The van der Waals surface area contributed by atoms with Gasteiger partial charge in [0.15, 0.2) is 0 Å². The maximum atomic E-state index is 14.6. The molecule has 2 rings (SSSR count). The topological polar surface area (TPSA) is 49.4 Å². The second-order valence-electron chi connectivity index (χ2n) is 10.7. The fourth-order valence-corrected chi connectivity index (χ4v) is 4.43. The quantitative estimate of drug-likeness (QED) is 0.230. The fourth-order valence-electron chi connectivity index (χ4n) is 4.43. The molecule has 0 unspecified atom stereocenters. The normalized spacial score (nSPS) is 18.2. The van der Waals surface area contributed by atoms with Crippen molar-refractivity contribution in [3.8, 4) is 0 Å². The van der Waals surface area contributed by atoms with Gasteiger partial charge < -0.3 is 10.2 Å². The lowest BCUT2D eigenvalue weighted by Crippen LogP contribution is -2.77. The highest BCUT2D eigenvalue weighted by Crippen LogP contribution is 2.66. The van der Waals surface area contributed by atoms with Gasteiger partial charge in [0.2, 0.25) is 5.91 Å². The van der Waals surface area contributed by atoms with Crippen LogP contribution in [0.1, 0.15) is 24.0 Å². The lowest BCUT2D eigenvalue weighted by Gasteiger charge is -2.44. The average molecular weight is 764 g/mol. The number of nitrogens with one attached hydrogen (secondary N) is 1. The number of halogens is 21. The van der Waals surface area contributed by atoms with E-state index in [1.54, 1.807) is 0 Å². The molecular weight excluding hydrogens is 747 g/mol. The second-order valence-corrected chi connectivity index (χ2v) is 10.7. The minimum Gasteiger partial charge on any atom is -0.325 e. The van der Waals surface area contributed by atoms with E-state index in [0.29, 0.717) is 11.1 Å². The summed E-state index contributed by atoms with van der Waals surface area (Å²) >= 11 is 0. The highest BCUT2D eigenvalue weighted by atomic mass is 19.4. The van der Waals surface area contributed by atoms with Gasteiger partial charge in [0.1, 0.15) is 6.04 Å². The molecule has 1 atom stereocenters. The summed E-state index contributed by atoms with van der Waals surface area (Å²) in [6.07, 6.45) is -9.41. The molecule has 1 fully saturated rings. The van der Waals surface area contributed by atoms with Crippen molar-refractivity contribution in [3.63, 3.8) is 0 Å². The monoisotopic (exact) mass is 764 g/mol. The Kier molecular flexibility index (Phi) is 10.2. The van der Waals surface area contributed by atoms with Crippen LogP contribution in [0.5, 0.6) is 0 Å². The summed E-state index contributed by atoms with van der Waals surface area (Å²) in [6.45, 7) is 1.69. The van der Waals surface area contributed by atoms with Crippen LogP contribution in [-0.4, -0.2) is 88.8 Å². The minimum atomic E-state index is -9.32. The molecule has 1 aliphatic heterocycles. The van der Waals surface area contributed by atoms with Gasteiger partial charge in [-0.25, -0.2) is 0 Å². The summed E-state index contributed by atoms with van der Waals surface area (Å²) < 4.78 is 287. The number of rotatable bonds is 11. The van der Waals surface area contributed by atoms with Crippen molar-refractivity contribution in [1.82, 2.24) is 4.90 Å². The molecule has 0 aromatic heterocycles. The number of carbonyl (C=O) groups is 2. The molecule has 0 bridgehead atoms. The molecule has 1 aromatic rings. The molecule has 1 heterocycles. The molecular formula is C24H17F21N2O2. The standard InChI is InChI=1S/C24H17F21N2O2/c1-9-6-10(2)8-11(7-9)46-13(48)12-4-3-5-47(12)14(49)15(25,26)16(27,28)17(29,30)18(31,32)19(33,34)20(35,36)21(37,38)22(39,40)23(41,42)24(43,44)45/h6-8,12H,3-5H2,1-2H3,(H,46,48)/t12-/m0/s1. The summed E-state index contributed by atoms with van der Waals surface area (Å²) in [5.74, 6) is -84.6. The van der Waals surface area contributed by atoms with E-state index in [4.69, 9.17) is 0 Å². The number of hydrogen-bond acceptors (Lipinski definition) is 2. The Bertz CT molecular complexity index is 1420. The van der Waals surface area contributed by atoms with E-state index in [-0.39, 0.29) is 5.69 Å². The third-order valence-corrected chi connectivity index (χ3v) is 7.08. The Morgan fingerprint density at radius 1 is 0.571 bits per heavy atom. The number of nitrogens with zero attached hydrogens (tertiary/aromatic N) is 1. The maximum Gasteiger partial charge on any atom is 0.460 e. The van der Waals surface area contributed by atoms with Gasteiger partial charge in [-0.05, 0) is 49.9 Å². The summed E-state index contributed by atoms with van der Waals surface area (Å²) in [5, 5.41) is 2.01. The molecule has 4 nitrogen and oxygen atoms in total. The van der Waals surface area contributed by atoms with E-state index in [9.17, 15) is 102 Å². The first kappa shape index (κ1) is 41.9. The number of hydrogen-bond donors (Lipinski definition) is 1. The average Bonchev–Trinajstić information content (AvgIpc) is 3.40. The molecule has 1 aliphatic rings. The Morgan fingerprint density at radius 3 is 1.29 bits per heavy atom. The van der Waals surface area contributed by atoms with Gasteiger partial charge in [-0.3, -0.25) is 9.59 Å². The van der Waals surface area contributed by atoms with E-state index in [2.05, 4.69) is 0 Å². The van der Waals surface area contributed by atoms with E-state index in [1.165, 1.54) is 32.0 Å². The van der Waals surface area contributed by atoms with E-state index >= 15 is 0 Å². The van der Waals surface area contributed by atoms with Crippen molar-refractivity contribution in [1.29, 1.82) is 0 Å². The van der Waals surface area contributed by atoms with Crippen molar-refractivity contribution in [2.24, 2.45) is 0 Å². The maximum absolute atomic E-state index is 14.6. The van der Waals surface area contributed by atoms with Crippen LogP contribution in [0.4, 0.5) is 97.9 Å². The zero-order valence-electron chi connectivity index (χ0n) is 23.6. The van der Waals surface area contributed by atoms with Gasteiger partial charge in [-0.15, -0.1) is 0 Å². The van der Waals surface area contributed by atoms with Crippen LogP contribution in [0.25, 0.3) is 0 Å². The highest BCUT2D eigenvalue weighted by molar-refractivity contribution is 5.98. The zero-order chi connectivity index (χ0) is 39.0. The Labute approximate surface area is 258 Å². The number of anilines is 1. The summed E-state index contributed by atoms with van der Waals surface area (Å²) in [6, 6.07) is 1.64. The SMILES string of the molecule is Cc1cc(C)cc(NC(=O)[C@@H]2CCCN2C(=O)C(F)(F)C(F)(F)C(F)(F)C(F)(F)C(F)(F)C(F)(F)C(F)(F)C(F)(F)C(F)(F)C(F)(F)F)c1. The largest absolute Gasteiger partial charge is 0.460 e. The smallest absolute Gasteiger partial charge is 0.325 e. The van der Waals surface area contributed by atoms with Crippen LogP contribution >= 0.6 is 0 Å². The number of likely N-dealkylation sites (tertiary alicyclic amines) is 1. The summed E-state index contributed by atoms with van der Waals surface area (Å²) in [7, 11) is 0. The van der Waals surface area contributed by atoms with Crippen LogP contribution in [-0.2, 0) is 9.59 Å². The Balaban J connectivity index is 2.57. The highest BCUT2D eigenvalue weighted by Gasteiger charge is 2.98. The van der Waals surface area contributed by atoms with Crippen LogP contribution in [0.15, 0.2) is 18.2 Å². The van der Waals surface area contributed by atoms with Crippen molar-refractivity contribution in [3.05, 3.63) is 29.3 Å². The van der Waals surface area contributed by atoms with Gasteiger partial charge in [0.05, 0.1) is 0 Å². The first-order valence-corrected chi connectivity index (χ1v) is 12.6. The Morgan fingerprint density at radius 2 is 0.918 bits per heavy atom. The summed E-state index contributed by atoms with van der Waals surface area (Å²) in [4.78, 5) is 24.2. The number of benzene rings is 1. The minimum absolute atomic E-state index is 0.136. The molecule has 282 valence electrons. The van der Waals surface area contributed by atoms with Crippen molar-refractivity contribution < 1.29 is 102 Å². The molecule has 1 aromatic carbocycles. The molecule has 0 radical (unpaired) electrons. The predicted octanol–water partition coefficient (Wildman–Crippen LogP) is 8.51. The Hall–Kier alpha value is -3.31. The van der Waals surface area contributed by atoms with Crippen molar-refractivity contribution >= 4 is 17.5 Å². The molecule has 1 saturated heterocycles. The van der Waals surface area contributed by atoms with E-state index in [1.807, 2.05) is 5.32 Å². The van der Waals surface area contributed by atoms with E-state index in [0.717, 1.165) is 0 Å². The predicted molar refractivity (Wildman–Crippen MR) is 120 cm³/mol. The van der Waals surface area contributed by atoms with Gasteiger partial charge in [-0.1, -0.05) is 6.07 Å². The molecule has 0 spiro atoms. The third kappa shape index (κ3) is 5.88. The molecule has 0 saturated carbocycles. The molecule has 25 heteroatoms. The van der Waals surface area contributed by atoms with Crippen LogP contribution in [0.3, 0.4) is 0 Å². The van der Waals surface area contributed by atoms with Crippen LogP contribution in [0, 0.1) is 13.8 Å². The van der Waals surface area contributed by atoms with Crippen LogP contribution in [0.2, 0.25) is 0 Å². The number of alkyl halides is 21. The van der Waals surface area contributed by atoms with E-state index < -0.39 is 102 Å². The first-order chi connectivity index (χ1) is 21.4. The molecule has 0 aliphatic carbocycles. The fraction of sp³-hybridized carbons (Fsp3) is 0.667. The second kappa shape index (κ2) is 11.9. The number of amides is 2. The number of carbonyl (C=O) groups excluding carboxylic acids is 2. The van der Waals surface area contributed by atoms with Gasteiger partial charge in [0, 0.05) is 12.2 Å². The lowest BCUT2D eigenvalue weighted by atomic mass is 9.86.